The van der Waals surface area contributed by atoms with E-state index in [1.165, 1.54) is 31.2 Å². The van der Waals surface area contributed by atoms with Crippen molar-refractivity contribution < 1.29 is 91.1 Å². The second kappa shape index (κ2) is 33.1. The first kappa shape index (κ1) is 68.0. The number of hydrogen-bond donors (Lipinski definition) is 8. The summed E-state index contributed by atoms with van der Waals surface area (Å²) in [6.07, 6.45) is 5.25. The predicted molar refractivity (Wildman–Crippen MR) is 301 cm³/mol. The third-order valence-corrected chi connectivity index (χ3v) is 14.4. The average Bonchev–Trinajstić information content (AvgIpc) is 2.26. The minimum atomic E-state index is -1.28. The Morgan fingerprint density at radius 3 is 2.20 bits per heavy atom. The molecule has 0 saturated carbocycles. The molecule has 1 aromatic rings. The maximum atomic E-state index is 13.6. The molecule has 0 unspecified atom stereocenters. The number of amides is 9. The monoisotopic (exact) mass is 1190 g/mol. The van der Waals surface area contributed by atoms with Crippen molar-refractivity contribution in [1.29, 1.82) is 0 Å². The first-order valence-electron chi connectivity index (χ1n) is 28.7. The van der Waals surface area contributed by atoms with Crippen LogP contribution in [0.3, 0.4) is 0 Å². The van der Waals surface area contributed by atoms with Gasteiger partial charge in [-0.1, -0.05) is 63.1 Å². The van der Waals surface area contributed by atoms with Gasteiger partial charge in [0.25, 0.3) is 17.7 Å². The number of unbranched alkanes of at least 4 members (excludes halogenated alkanes) is 2. The summed E-state index contributed by atoms with van der Waals surface area (Å²) in [6, 6.07) is 4.07. The minimum absolute atomic E-state index is 0.0253. The van der Waals surface area contributed by atoms with E-state index in [-0.39, 0.29) is 101 Å². The molecule has 85 heavy (non-hydrogen) atoms. The summed E-state index contributed by atoms with van der Waals surface area (Å²) < 4.78 is 34.0. The number of hydroxylamine groups is 2. The largest absolute Gasteiger partial charge is 0.459 e. The molecular formula is C58H82N8O19. The zero-order chi connectivity index (χ0) is 62.4. The normalized spacial score (nSPS) is 24.0. The number of nitrogens with zero attached hydrogens (tertiary/aromatic N) is 1. The van der Waals surface area contributed by atoms with Gasteiger partial charge >= 0.3 is 30.0 Å². The predicted octanol–water partition coefficient (Wildman–Crippen LogP) is 3.32. The zero-order valence-electron chi connectivity index (χ0n) is 49.2. The third-order valence-electron chi connectivity index (χ3n) is 14.4. The Morgan fingerprint density at radius 2 is 1.55 bits per heavy atom. The molecule has 4 fully saturated rings. The van der Waals surface area contributed by atoms with Crippen LogP contribution in [0.2, 0.25) is 0 Å². The molecule has 0 aromatic heterocycles. The highest BCUT2D eigenvalue weighted by Crippen LogP contribution is 2.43. The lowest BCUT2D eigenvalue weighted by molar-refractivity contribution is -0.197. The van der Waals surface area contributed by atoms with Crippen LogP contribution in [0.4, 0.5) is 15.3 Å². The van der Waals surface area contributed by atoms with Gasteiger partial charge in [-0.3, -0.25) is 43.8 Å². The van der Waals surface area contributed by atoms with E-state index in [4.69, 9.17) is 39.0 Å². The van der Waals surface area contributed by atoms with E-state index in [0.717, 1.165) is 5.57 Å². The molecule has 4 saturated heterocycles. The second-order valence-electron chi connectivity index (χ2n) is 22.0. The number of esters is 2. The van der Waals surface area contributed by atoms with Crippen molar-refractivity contribution in [2.45, 2.75) is 199 Å². The van der Waals surface area contributed by atoms with Gasteiger partial charge in [-0.25, -0.2) is 19.8 Å². The molecule has 0 radical (unpaired) electrons. The van der Waals surface area contributed by atoms with E-state index in [9.17, 15) is 57.8 Å². The molecule has 468 valence electrons. The van der Waals surface area contributed by atoms with Gasteiger partial charge in [0.05, 0.1) is 37.4 Å². The lowest BCUT2D eigenvalue weighted by Gasteiger charge is -2.39. The lowest BCUT2D eigenvalue weighted by atomic mass is 9.87. The summed E-state index contributed by atoms with van der Waals surface area (Å²) in [5.41, 5.74) is 10.5. The SMILES string of the molecule is CC(=O)O[C@@H](C)/C=C\C(=O)N[C@@H]1C[C@H](C)[C@H](C/C=C(C)/C=C/[C@H]2O[C@H](CC(=O)NNC(=O)OCc3ccc(NC(=O)[C@H](CCCNC(N)=O)NC(=O)[C@@H](OC(=O)CCCCCC(=O)ON4C(=O)CCC4=O)C(C)C)cc3)C[C@@]3(CO3)[C@@H]2O)O[C@@H]1C. The topological polar surface area (TPSA) is 377 Å². The van der Waals surface area contributed by atoms with Crippen LogP contribution in [0.25, 0.3) is 0 Å². The van der Waals surface area contributed by atoms with Crippen molar-refractivity contribution in [2.24, 2.45) is 17.6 Å². The molecular weight excluding hydrogens is 1110 g/mol. The molecule has 9 amide bonds. The van der Waals surface area contributed by atoms with Crippen molar-refractivity contribution >= 4 is 71.2 Å². The van der Waals surface area contributed by atoms with Crippen molar-refractivity contribution in [1.82, 2.24) is 31.9 Å². The second-order valence-corrected chi connectivity index (χ2v) is 22.0. The number of nitrogens with one attached hydrogen (secondary N) is 6. The van der Waals surface area contributed by atoms with Crippen LogP contribution in [0.1, 0.15) is 138 Å². The van der Waals surface area contributed by atoms with Gasteiger partial charge in [0, 0.05) is 57.3 Å². The summed E-state index contributed by atoms with van der Waals surface area (Å²) >= 11 is 0. The number of allylic oxidation sites excluding steroid dienone is 2. The van der Waals surface area contributed by atoms with Gasteiger partial charge in [0.2, 0.25) is 17.7 Å². The van der Waals surface area contributed by atoms with Crippen molar-refractivity contribution in [3.8, 4) is 0 Å². The fourth-order valence-corrected chi connectivity index (χ4v) is 9.62. The van der Waals surface area contributed by atoms with Crippen molar-refractivity contribution in [2.75, 3.05) is 18.5 Å². The van der Waals surface area contributed by atoms with Gasteiger partial charge in [-0.05, 0) is 94.9 Å². The number of urea groups is 1. The molecule has 9 N–H and O–H groups in total. The molecule has 1 spiro atoms. The highest BCUT2D eigenvalue weighted by molar-refractivity contribution is 6.01. The summed E-state index contributed by atoms with van der Waals surface area (Å²) in [4.78, 5) is 141. The van der Waals surface area contributed by atoms with Gasteiger partial charge in [0.15, 0.2) is 6.10 Å². The Balaban J connectivity index is 1.03. The molecule has 0 aliphatic carbocycles. The molecule has 4 aliphatic heterocycles. The number of imide groups is 1. The van der Waals surface area contributed by atoms with Gasteiger partial charge in [0.1, 0.15) is 36.6 Å². The molecule has 0 bridgehead atoms. The van der Waals surface area contributed by atoms with E-state index in [1.807, 2.05) is 26.0 Å². The van der Waals surface area contributed by atoms with E-state index >= 15 is 0 Å². The lowest BCUT2D eigenvalue weighted by Crippen LogP contribution is -2.51. The number of carbonyl (C=O) groups excluding carboxylic acids is 11. The smallest absolute Gasteiger partial charge is 0.426 e. The standard InChI is InChI=1S/C58H82N8O19/c1-33(2)52(84-50(72)13-9-8-10-14-51(73)85-66-48(70)25-26-49(66)71)55(76)63-42(12-11-27-60-56(59)77)54(75)61-40-20-18-39(19-21-40)31-79-57(78)65-64-47(69)29-41-30-58(32-80-58)53(74)45(83-41)23-16-34(3)15-22-44-35(4)28-43(37(6)82-44)62-46(68)24-17-36(5)81-38(7)67/h15-21,23-24,33,35-37,41-45,52-53,74H,8-14,22,25-32H2,1-7H3,(H,61,75)(H,62,68)(H,63,76)(H,64,69)(H,65,78)(H3,59,60,77)/b23-16+,24-17-,34-15+/t35-,36-,37+,41+,42-,43+,44-,45+,52-,53+,58+/m0/s1. The van der Waals surface area contributed by atoms with Gasteiger partial charge < -0.3 is 65.4 Å². The highest BCUT2D eigenvalue weighted by atomic mass is 16.7. The Bertz CT molecular complexity index is 2620. The van der Waals surface area contributed by atoms with Crippen LogP contribution < -0.4 is 37.9 Å². The number of benzene rings is 1. The number of hydrogen-bond acceptors (Lipinski definition) is 19. The van der Waals surface area contributed by atoms with E-state index < -0.39 is 108 Å². The van der Waals surface area contributed by atoms with Crippen molar-refractivity contribution in [3.05, 3.63) is 65.8 Å². The van der Waals surface area contributed by atoms with Gasteiger partial charge in [-0.2, -0.15) is 0 Å². The zero-order valence-corrected chi connectivity index (χ0v) is 49.2. The van der Waals surface area contributed by atoms with E-state index in [0.29, 0.717) is 48.4 Å². The number of aliphatic hydroxyl groups is 1. The number of hydrazine groups is 1. The molecule has 27 nitrogen and oxygen atoms in total. The quantitative estimate of drug-likeness (QED) is 0.00833. The van der Waals surface area contributed by atoms with Crippen LogP contribution in [-0.2, 0) is 83.0 Å². The average molecular weight is 1200 g/mol. The highest BCUT2D eigenvalue weighted by Gasteiger charge is 2.58. The maximum Gasteiger partial charge on any atom is 0.426 e. The van der Waals surface area contributed by atoms with Crippen LogP contribution in [0, 0.1) is 11.8 Å². The number of epoxide rings is 1. The Morgan fingerprint density at radius 1 is 0.871 bits per heavy atom. The summed E-state index contributed by atoms with van der Waals surface area (Å²) in [5, 5.41) is 22.4. The van der Waals surface area contributed by atoms with Crippen LogP contribution in [0.5, 0.6) is 0 Å². The number of anilines is 1. The summed E-state index contributed by atoms with van der Waals surface area (Å²) in [5.74, 6) is -5.70. The first-order chi connectivity index (χ1) is 40.3. The fraction of sp³-hybridized carbons (Fsp3) is 0.603. The molecule has 5 rings (SSSR count). The molecule has 11 atom stereocenters. The summed E-state index contributed by atoms with van der Waals surface area (Å²) in [6.45, 7) is 12.3. The first-order valence-corrected chi connectivity index (χ1v) is 28.7. The van der Waals surface area contributed by atoms with Crippen molar-refractivity contribution in [3.63, 3.8) is 0 Å². The summed E-state index contributed by atoms with van der Waals surface area (Å²) in [7, 11) is 0. The molecule has 4 heterocycles. The maximum absolute atomic E-state index is 13.6. The van der Waals surface area contributed by atoms with Gasteiger partial charge in [-0.15, -0.1) is 5.06 Å². The molecule has 27 heteroatoms. The number of nitrogens with two attached hydrogens (primary N) is 1. The van der Waals surface area contributed by atoms with E-state index in [1.54, 1.807) is 39.0 Å². The Hall–Kier alpha value is -7.75. The third kappa shape index (κ3) is 23.0. The number of carbonyl (C=O) groups is 11. The van der Waals surface area contributed by atoms with Crippen LogP contribution in [0.15, 0.2) is 60.2 Å². The van der Waals surface area contributed by atoms with Crippen LogP contribution >= 0.6 is 0 Å². The minimum Gasteiger partial charge on any atom is -0.459 e. The van der Waals surface area contributed by atoms with Crippen LogP contribution in [-0.4, -0.2) is 149 Å². The number of rotatable bonds is 29. The van der Waals surface area contributed by atoms with E-state index in [2.05, 4.69) is 39.0 Å². The number of ether oxygens (including phenoxy) is 6. The Labute approximate surface area is 493 Å². The fourth-order valence-electron chi connectivity index (χ4n) is 9.62. The Kier molecular flexibility index (Phi) is 26.5. The number of primary amides is 1. The molecule has 4 aliphatic rings. The number of aliphatic hydroxyl groups excluding tert-OH is 1. The molecule has 1 aromatic carbocycles.